The van der Waals surface area contributed by atoms with Gasteiger partial charge in [0, 0.05) is 18.6 Å². The summed E-state index contributed by atoms with van der Waals surface area (Å²) in [6.45, 7) is 7.98. The molecule has 1 aromatic heterocycles. The SMILES string of the molecule is CCCCCCCCCCCCCCC[n+]1ccc(C(C)C)cc1. The summed E-state index contributed by atoms with van der Waals surface area (Å²) in [5.74, 6) is 0.635. The number of nitrogens with zero attached hydrogens (tertiary/aromatic N) is 1. The molecular weight excluding hydrogens is 290 g/mol. The van der Waals surface area contributed by atoms with E-state index in [2.05, 4.69) is 49.9 Å². The standard InChI is InChI=1S/C23H42N/c1-4-5-6-7-8-9-10-11-12-13-14-15-16-19-24-20-17-23(18-21-24)22(2)3/h17-18,20-22H,4-16,19H2,1-3H3/q+1. The van der Waals surface area contributed by atoms with Crippen molar-refractivity contribution in [2.75, 3.05) is 0 Å². The van der Waals surface area contributed by atoms with Crippen molar-refractivity contribution < 1.29 is 4.57 Å². The van der Waals surface area contributed by atoms with Crippen LogP contribution in [0.4, 0.5) is 0 Å². The van der Waals surface area contributed by atoms with Crippen LogP contribution in [0.25, 0.3) is 0 Å². The fourth-order valence-electron chi connectivity index (χ4n) is 3.31. The largest absolute Gasteiger partial charge is 0.205 e. The summed E-state index contributed by atoms with van der Waals surface area (Å²) in [6.07, 6.45) is 23.1. The van der Waals surface area contributed by atoms with Gasteiger partial charge >= 0.3 is 0 Å². The van der Waals surface area contributed by atoms with Gasteiger partial charge in [0.15, 0.2) is 12.4 Å². The summed E-state index contributed by atoms with van der Waals surface area (Å²) < 4.78 is 2.34. The van der Waals surface area contributed by atoms with Crippen LogP contribution in [0.1, 0.15) is 116 Å². The lowest BCUT2D eigenvalue weighted by atomic mass is 10.0. The smallest absolute Gasteiger partial charge is 0.169 e. The number of hydrogen-bond donors (Lipinski definition) is 0. The molecule has 0 aliphatic rings. The van der Waals surface area contributed by atoms with Crippen molar-refractivity contribution in [2.45, 2.75) is 117 Å². The van der Waals surface area contributed by atoms with Crippen LogP contribution >= 0.6 is 0 Å². The van der Waals surface area contributed by atoms with Gasteiger partial charge in [0.2, 0.25) is 0 Å². The molecule has 0 amide bonds. The highest BCUT2D eigenvalue weighted by Gasteiger charge is 2.03. The molecule has 0 saturated heterocycles. The molecule has 1 heteroatoms. The highest BCUT2D eigenvalue weighted by atomic mass is 14.9. The topological polar surface area (TPSA) is 3.88 Å². The Kier molecular flexibility index (Phi) is 12.8. The molecule has 1 rings (SSSR count). The molecule has 0 bridgehead atoms. The highest BCUT2D eigenvalue weighted by molar-refractivity contribution is 5.11. The third-order valence-corrected chi connectivity index (χ3v) is 5.10. The molecule has 0 spiro atoms. The van der Waals surface area contributed by atoms with Crippen LogP contribution in [0.3, 0.4) is 0 Å². The Morgan fingerprint density at radius 1 is 0.667 bits per heavy atom. The van der Waals surface area contributed by atoms with Crippen molar-refractivity contribution in [3.05, 3.63) is 30.1 Å². The van der Waals surface area contributed by atoms with Crippen LogP contribution in [0.2, 0.25) is 0 Å². The maximum atomic E-state index is 2.34. The monoisotopic (exact) mass is 332 g/mol. The molecule has 0 atom stereocenters. The Hall–Kier alpha value is -0.850. The third kappa shape index (κ3) is 10.8. The Balaban J connectivity index is 1.87. The second-order valence-corrected chi connectivity index (χ2v) is 7.77. The first-order chi connectivity index (χ1) is 11.7. The average molecular weight is 333 g/mol. The molecule has 0 saturated carbocycles. The summed E-state index contributed by atoms with van der Waals surface area (Å²) in [4.78, 5) is 0. The van der Waals surface area contributed by atoms with Gasteiger partial charge in [0.25, 0.3) is 0 Å². The van der Waals surface area contributed by atoms with Crippen LogP contribution in [0, 0.1) is 0 Å². The molecule has 1 aromatic rings. The predicted molar refractivity (Wildman–Crippen MR) is 106 cm³/mol. The zero-order chi connectivity index (χ0) is 17.5. The Morgan fingerprint density at radius 3 is 1.50 bits per heavy atom. The van der Waals surface area contributed by atoms with Gasteiger partial charge in [-0.25, -0.2) is 4.57 Å². The quantitative estimate of drug-likeness (QED) is 0.236. The summed E-state index contributed by atoms with van der Waals surface area (Å²) in [6, 6.07) is 4.54. The van der Waals surface area contributed by atoms with Crippen LogP contribution < -0.4 is 4.57 Å². The minimum absolute atomic E-state index is 0.635. The maximum Gasteiger partial charge on any atom is 0.169 e. The molecule has 0 aliphatic carbocycles. The van der Waals surface area contributed by atoms with E-state index in [-0.39, 0.29) is 0 Å². The first-order valence-electron chi connectivity index (χ1n) is 10.7. The van der Waals surface area contributed by atoms with Gasteiger partial charge in [-0.2, -0.15) is 0 Å². The lowest BCUT2D eigenvalue weighted by Gasteiger charge is -2.04. The second-order valence-electron chi connectivity index (χ2n) is 7.77. The molecule has 0 aromatic carbocycles. The van der Waals surface area contributed by atoms with Gasteiger partial charge < -0.3 is 0 Å². The van der Waals surface area contributed by atoms with E-state index in [9.17, 15) is 0 Å². The van der Waals surface area contributed by atoms with E-state index in [4.69, 9.17) is 0 Å². The summed E-state index contributed by atoms with van der Waals surface area (Å²) >= 11 is 0. The van der Waals surface area contributed by atoms with Gasteiger partial charge in [-0.15, -0.1) is 0 Å². The summed E-state index contributed by atoms with van der Waals surface area (Å²) in [7, 11) is 0. The number of unbranched alkanes of at least 4 members (excludes halogenated alkanes) is 12. The van der Waals surface area contributed by atoms with E-state index in [1.807, 2.05) is 0 Å². The normalized spacial score (nSPS) is 11.3. The van der Waals surface area contributed by atoms with Crippen molar-refractivity contribution in [3.63, 3.8) is 0 Å². The molecule has 0 radical (unpaired) electrons. The predicted octanol–water partition coefficient (Wildman–Crippen LogP) is 7.19. The molecular formula is C23H42N+. The molecule has 138 valence electrons. The molecule has 24 heavy (non-hydrogen) atoms. The van der Waals surface area contributed by atoms with E-state index in [1.165, 1.54) is 95.6 Å². The molecule has 0 N–H and O–H groups in total. The molecule has 1 heterocycles. The van der Waals surface area contributed by atoms with E-state index in [0.29, 0.717) is 5.92 Å². The van der Waals surface area contributed by atoms with Crippen LogP contribution in [0.5, 0.6) is 0 Å². The van der Waals surface area contributed by atoms with E-state index >= 15 is 0 Å². The molecule has 0 aliphatic heterocycles. The van der Waals surface area contributed by atoms with Crippen molar-refractivity contribution in [1.82, 2.24) is 0 Å². The Labute approximate surface area is 151 Å². The van der Waals surface area contributed by atoms with Crippen molar-refractivity contribution in [3.8, 4) is 0 Å². The van der Waals surface area contributed by atoms with E-state index < -0.39 is 0 Å². The van der Waals surface area contributed by atoms with Gasteiger partial charge in [-0.05, 0) is 17.9 Å². The molecule has 0 fully saturated rings. The van der Waals surface area contributed by atoms with Crippen molar-refractivity contribution in [1.29, 1.82) is 0 Å². The van der Waals surface area contributed by atoms with Crippen LogP contribution in [0.15, 0.2) is 24.5 Å². The summed E-state index contributed by atoms with van der Waals surface area (Å²) in [5, 5.41) is 0. The van der Waals surface area contributed by atoms with Crippen LogP contribution in [-0.2, 0) is 6.54 Å². The Bertz CT molecular complexity index is 380. The minimum atomic E-state index is 0.635. The number of pyridine rings is 1. The fraction of sp³-hybridized carbons (Fsp3) is 0.783. The molecule has 0 unspecified atom stereocenters. The number of rotatable bonds is 15. The lowest BCUT2D eigenvalue weighted by molar-refractivity contribution is -0.697. The van der Waals surface area contributed by atoms with Crippen LogP contribution in [-0.4, -0.2) is 0 Å². The second kappa shape index (κ2) is 14.5. The zero-order valence-corrected chi connectivity index (χ0v) is 16.7. The van der Waals surface area contributed by atoms with Gasteiger partial charge in [-0.3, -0.25) is 0 Å². The summed E-state index contributed by atoms with van der Waals surface area (Å²) in [5.41, 5.74) is 1.44. The minimum Gasteiger partial charge on any atom is -0.205 e. The highest BCUT2D eigenvalue weighted by Crippen LogP contribution is 2.13. The lowest BCUT2D eigenvalue weighted by Crippen LogP contribution is -2.32. The fourth-order valence-corrected chi connectivity index (χ4v) is 3.31. The average Bonchev–Trinajstić information content (AvgIpc) is 2.59. The van der Waals surface area contributed by atoms with E-state index in [1.54, 1.807) is 0 Å². The number of aromatic nitrogens is 1. The molecule has 1 nitrogen and oxygen atoms in total. The zero-order valence-electron chi connectivity index (χ0n) is 16.7. The number of aryl methyl sites for hydroxylation is 1. The number of hydrogen-bond acceptors (Lipinski definition) is 0. The van der Waals surface area contributed by atoms with Crippen molar-refractivity contribution in [2.24, 2.45) is 0 Å². The first kappa shape index (κ1) is 21.2. The third-order valence-electron chi connectivity index (χ3n) is 5.10. The van der Waals surface area contributed by atoms with Gasteiger partial charge in [-0.1, -0.05) is 91.4 Å². The maximum absolute atomic E-state index is 2.34. The van der Waals surface area contributed by atoms with Gasteiger partial charge in [0.1, 0.15) is 6.54 Å². The van der Waals surface area contributed by atoms with Gasteiger partial charge in [0.05, 0.1) is 0 Å². The van der Waals surface area contributed by atoms with Crippen molar-refractivity contribution >= 4 is 0 Å². The van der Waals surface area contributed by atoms with E-state index in [0.717, 1.165) is 0 Å². The first-order valence-corrected chi connectivity index (χ1v) is 10.7. The Morgan fingerprint density at radius 2 is 1.08 bits per heavy atom.